The number of aryl methyl sites for hydroxylation is 1. The molecule has 0 spiro atoms. The molecular weight excluding hydrogens is 310 g/mol. The highest BCUT2D eigenvalue weighted by atomic mass is 16.6. The molecule has 2 atom stereocenters. The summed E-state index contributed by atoms with van der Waals surface area (Å²) in [4.78, 5) is 14.6. The number of rotatable bonds is 5. The topological polar surface area (TPSA) is 29.5 Å². The first-order valence-electron chi connectivity index (χ1n) is 8.78. The monoisotopic (exact) mass is 335 g/mol. The van der Waals surface area contributed by atoms with E-state index in [1.807, 2.05) is 41.3 Å². The van der Waals surface area contributed by atoms with Crippen molar-refractivity contribution in [2.45, 2.75) is 38.3 Å². The molecular formula is C22H25NO2. The van der Waals surface area contributed by atoms with Crippen LogP contribution < -0.4 is 0 Å². The normalized spacial score (nSPS) is 21.5. The van der Waals surface area contributed by atoms with E-state index in [1.165, 1.54) is 5.56 Å². The predicted octanol–water partition coefficient (Wildman–Crippen LogP) is 5.37. The second kappa shape index (κ2) is 7.14. The zero-order valence-electron chi connectivity index (χ0n) is 14.9. The van der Waals surface area contributed by atoms with Crippen molar-refractivity contribution in [3.05, 3.63) is 83.9 Å². The molecule has 0 bridgehead atoms. The van der Waals surface area contributed by atoms with Crippen molar-refractivity contribution >= 4 is 6.09 Å². The molecule has 1 aliphatic rings. The molecule has 130 valence electrons. The fourth-order valence-corrected chi connectivity index (χ4v) is 3.49. The fourth-order valence-electron chi connectivity index (χ4n) is 3.49. The van der Waals surface area contributed by atoms with Gasteiger partial charge in [0.15, 0.2) is 0 Å². The minimum absolute atomic E-state index is 0.00870. The van der Waals surface area contributed by atoms with Crippen molar-refractivity contribution in [1.29, 1.82) is 0 Å². The molecule has 3 rings (SSSR count). The zero-order valence-corrected chi connectivity index (χ0v) is 14.9. The summed E-state index contributed by atoms with van der Waals surface area (Å²) < 4.78 is 6.00. The van der Waals surface area contributed by atoms with Gasteiger partial charge in [-0.05, 0) is 25.0 Å². The summed E-state index contributed by atoms with van der Waals surface area (Å²) in [6, 6.07) is 18.3. The average Bonchev–Trinajstić information content (AvgIpc) is 2.63. The molecule has 0 aromatic heterocycles. The number of carbonyl (C=O) groups is 1. The Balaban J connectivity index is 1.82. The van der Waals surface area contributed by atoms with E-state index in [1.54, 1.807) is 0 Å². The van der Waals surface area contributed by atoms with E-state index in [9.17, 15) is 4.79 Å². The Morgan fingerprint density at radius 1 is 1.20 bits per heavy atom. The lowest BCUT2D eigenvalue weighted by Gasteiger charge is -2.43. The minimum atomic E-state index is -0.608. The summed E-state index contributed by atoms with van der Waals surface area (Å²) in [6.45, 7) is 8.63. The van der Waals surface area contributed by atoms with Gasteiger partial charge in [-0.25, -0.2) is 4.79 Å². The van der Waals surface area contributed by atoms with Crippen LogP contribution in [0, 0.1) is 6.92 Å². The quantitative estimate of drug-likeness (QED) is 0.688. The molecule has 1 saturated heterocycles. The Hall–Kier alpha value is -2.55. The lowest BCUT2D eigenvalue weighted by Crippen LogP contribution is -2.48. The van der Waals surface area contributed by atoms with Crippen LogP contribution in [0.1, 0.15) is 42.5 Å². The maximum Gasteiger partial charge on any atom is 0.411 e. The summed E-state index contributed by atoms with van der Waals surface area (Å²) in [5, 5.41) is 0. The molecule has 3 nitrogen and oxygen atoms in total. The molecule has 0 saturated carbocycles. The van der Waals surface area contributed by atoms with E-state index in [0.717, 1.165) is 17.5 Å². The summed E-state index contributed by atoms with van der Waals surface area (Å²) in [7, 11) is 0. The Kier molecular flexibility index (Phi) is 4.93. The third-order valence-corrected chi connectivity index (χ3v) is 5.07. The highest BCUT2D eigenvalue weighted by molar-refractivity contribution is 5.70. The Labute approximate surface area is 149 Å². The summed E-state index contributed by atoms with van der Waals surface area (Å²) in [5.41, 5.74) is 2.76. The van der Waals surface area contributed by atoms with E-state index in [2.05, 4.69) is 44.7 Å². The number of hydrogen-bond acceptors (Lipinski definition) is 2. The smallest absolute Gasteiger partial charge is 0.411 e. The summed E-state index contributed by atoms with van der Waals surface area (Å²) >= 11 is 0. The standard InChI is InChI=1S/C22H25NO2/c1-4-14-22(20-8-6-5-7-9-20)15-16-23(21(24)25-22)18(3)19-12-10-17(2)11-13-19/h4-13,18H,1,14-16H2,2-3H3/t18-,22?/m0/s1. The van der Waals surface area contributed by atoms with Crippen LogP contribution in [0.25, 0.3) is 0 Å². The van der Waals surface area contributed by atoms with Gasteiger partial charge in [0.25, 0.3) is 0 Å². The Morgan fingerprint density at radius 3 is 2.48 bits per heavy atom. The summed E-state index contributed by atoms with van der Waals surface area (Å²) in [6.07, 6.45) is 2.95. The molecule has 1 unspecified atom stereocenters. The number of amides is 1. The van der Waals surface area contributed by atoms with Gasteiger partial charge in [0, 0.05) is 19.4 Å². The maximum atomic E-state index is 12.8. The van der Waals surface area contributed by atoms with Gasteiger partial charge >= 0.3 is 6.09 Å². The van der Waals surface area contributed by atoms with Crippen molar-refractivity contribution < 1.29 is 9.53 Å². The Morgan fingerprint density at radius 2 is 1.88 bits per heavy atom. The van der Waals surface area contributed by atoms with Crippen LogP contribution in [-0.4, -0.2) is 17.5 Å². The molecule has 1 heterocycles. The SMILES string of the molecule is C=CCC1(c2ccccc2)CCN([C@@H](C)c2ccc(C)cc2)C(=O)O1. The zero-order chi connectivity index (χ0) is 17.9. The van der Waals surface area contributed by atoms with E-state index in [-0.39, 0.29) is 12.1 Å². The van der Waals surface area contributed by atoms with Crippen LogP contribution in [0.5, 0.6) is 0 Å². The van der Waals surface area contributed by atoms with Gasteiger partial charge in [-0.2, -0.15) is 0 Å². The van der Waals surface area contributed by atoms with Gasteiger partial charge in [0.1, 0.15) is 5.60 Å². The highest BCUT2D eigenvalue weighted by Crippen LogP contribution is 2.39. The molecule has 2 aromatic carbocycles. The largest absolute Gasteiger partial charge is 0.437 e. The highest BCUT2D eigenvalue weighted by Gasteiger charge is 2.42. The van der Waals surface area contributed by atoms with Gasteiger partial charge in [-0.1, -0.05) is 66.2 Å². The van der Waals surface area contributed by atoms with E-state index in [4.69, 9.17) is 4.74 Å². The summed E-state index contributed by atoms with van der Waals surface area (Å²) in [5.74, 6) is 0. The molecule has 3 heteroatoms. The van der Waals surface area contributed by atoms with E-state index >= 15 is 0 Å². The molecule has 2 aromatic rings. The molecule has 1 amide bonds. The van der Waals surface area contributed by atoms with Crippen LogP contribution in [-0.2, 0) is 10.3 Å². The first kappa shape index (κ1) is 17.3. The van der Waals surface area contributed by atoms with Crippen molar-refractivity contribution in [2.75, 3.05) is 6.54 Å². The maximum absolute atomic E-state index is 12.8. The lowest BCUT2D eigenvalue weighted by molar-refractivity contribution is -0.0588. The van der Waals surface area contributed by atoms with Crippen LogP contribution in [0.3, 0.4) is 0 Å². The number of ether oxygens (including phenoxy) is 1. The van der Waals surface area contributed by atoms with Crippen molar-refractivity contribution in [3.63, 3.8) is 0 Å². The number of benzene rings is 2. The van der Waals surface area contributed by atoms with Gasteiger partial charge < -0.3 is 9.64 Å². The molecule has 0 radical (unpaired) electrons. The molecule has 25 heavy (non-hydrogen) atoms. The van der Waals surface area contributed by atoms with E-state index in [0.29, 0.717) is 13.0 Å². The minimum Gasteiger partial charge on any atom is -0.437 e. The number of hydrogen-bond donors (Lipinski definition) is 0. The van der Waals surface area contributed by atoms with Gasteiger partial charge in [0.2, 0.25) is 0 Å². The average molecular weight is 335 g/mol. The lowest BCUT2D eigenvalue weighted by atomic mass is 9.85. The molecule has 0 N–H and O–H groups in total. The first-order chi connectivity index (χ1) is 12.1. The molecule has 1 fully saturated rings. The van der Waals surface area contributed by atoms with Gasteiger partial charge in [-0.15, -0.1) is 6.58 Å². The van der Waals surface area contributed by atoms with Crippen molar-refractivity contribution in [3.8, 4) is 0 Å². The van der Waals surface area contributed by atoms with Crippen LogP contribution >= 0.6 is 0 Å². The molecule has 0 aliphatic carbocycles. The van der Waals surface area contributed by atoms with Gasteiger partial charge in [-0.3, -0.25) is 0 Å². The van der Waals surface area contributed by atoms with Gasteiger partial charge in [0.05, 0.1) is 6.04 Å². The number of cyclic esters (lactones) is 1. The Bertz CT molecular complexity index is 738. The van der Waals surface area contributed by atoms with E-state index < -0.39 is 5.60 Å². The number of carbonyl (C=O) groups excluding carboxylic acids is 1. The third kappa shape index (κ3) is 3.46. The number of nitrogens with zero attached hydrogens (tertiary/aromatic N) is 1. The fraction of sp³-hybridized carbons (Fsp3) is 0.318. The second-order valence-corrected chi connectivity index (χ2v) is 6.75. The van der Waals surface area contributed by atoms with Crippen LogP contribution in [0.4, 0.5) is 4.79 Å². The van der Waals surface area contributed by atoms with Crippen molar-refractivity contribution in [2.24, 2.45) is 0 Å². The molecule has 1 aliphatic heterocycles. The van der Waals surface area contributed by atoms with Crippen LogP contribution in [0.2, 0.25) is 0 Å². The van der Waals surface area contributed by atoms with Crippen molar-refractivity contribution in [1.82, 2.24) is 4.90 Å². The van der Waals surface area contributed by atoms with Crippen LogP contribution in [0.15, 0.2) is 67.3 Å². The predicted molar refractivity (Wildman–Crippen MR) is 100 cm³/mol. The second-order valence-electron chi connectivity index (χ2n) is 6.75. The first-order valence-corrected chi connectivity index (χ1v) is 8.78. The third-order valence-electron chi connectivity index (χ3n) is 5.07.